The van der Waals surface area contributed by atoms with Crippen LogP contribution in [0.5, 0.6) is 0 Å². The quantitative estimate of drug-likeness (QED) is 0.0261. The Morgan fingerprint density at radius 1 is 0.458 bits per heavy atom. The molecule has 9 nitrogen and oxygen atoms in total. The van der Waals surface area contributed by atoms with Crippen molar-refractivity contribution in [2.75, 3.05) is 13.2 Å². The van der Waals surface area contributed by atoms with Crippen LogP contribution in [0.25, 0.3) is 0 Å². The second-order valence-electron chi connectivity index (χ2n) is 22.6. The largest absolute Gasteiger partial charge is 0.394 e. The molecule has 428 valence electrons. The van der Waals surface area contributed by atoms with Crippen molar-refractivity contribution in [3.63, 3.8) is 0 Å². The smallest absolute Gasteiger partial charge is 0.220 e. The normalized spacial score (nSPS) is 19.1. The van der Waals surface area contributed by atoms with Gasteiger partial charge in [-0.1, -0.05) is 315 Å². The first kappa shape index (κ1) is 68.9. The highest BCUT2D eigenvalue weighted by molar-refractivity contribution is 5.76. The van der Waals surface area contributed by atoms with Crippen LogP contribution in [0, 0.1) is 0 Å². The van der Waals surface area contributed by atoms with Crippen molar-refractivity contribution < 1.29 is 39.8 Å². The van der Waals surface area contributed by atoms with E-state index in [1.165, 1.54) is 270 Å². The van der Waals surface area contributed by atoms with Crippen molar-refractivity contribution in [3.8, 4) is 0 Å². The molecule has 72 heavy (non-hydrogen) atoms. The monoisotopic (exact) mass is 1020 g/mol. The highest BCUT2D eigenvalue weighted by Gasteiger charge is 2.44. The molecule has 7 unspecified atom stereocenters. The van der Waals surface area contributed by atoms with Crippen molar-refractivity contribution in [1.82, 2.24) is 5.32 Å². The topological polar surface area (TPSA) is 149 Å². The molecular formula is C63H123NO8. The van der Waals surface area contributed by atoms with Gasteiger partial charge in [-0.2, -0.15) is 0 Å². The number of aliphatic hydroxyl groups excluding tert-OH is 5. The van der Waals surface area contributed by atoms with Gasteiger partial charge in [-0.05, 0) is 19.3 Å². The van der Waals surface area contributed by atoms with Crippen LogP contribution in [0.3, 0.4) is 0 Å². The van der Waals surface area contributed by atoms with Crippen LogP contribution in [0.2, 0.25) is 0 Å². The maximum atomic E-state index is 13.1. The second kappa shape index (κ2) is 53.3. The third-order valence-corrected chi connectivity index (χ3v) is 15.6. The van der Waals surface area contributed by atoms with Crippen molar-refractivity contribution in [2.45, 2.75) is 371 Å². The number of carbonyl (C=O) groups excluding carboxylic acids is 1. The van der Waals surface area contributed by atoms with Gasteiger partial charge < -0.3 is 40.3 Å². The molecule has 0 saturated carbocycles. The summed E-state index contributed by atoms with van der Waals surface area (Å²) in [6.07, 6.45) is 60.1. The molecule has 0 aromatic carbocycles. The van der Waals surface area contributed by atoms with Crippen molar-refractivity contribution in [3.05, 3.63) is 12.2 Å². The molecule has 0 aromatic rings. The number of carbonyl (C=O) groups is 1. The van der Waals surface area contributed by atoms with Gasteiger partial charge in [0.1, 0.15) is 24.4 Å². The summed E-state index contributed by atoms with van der Waals surface area (Å²) < 4.78 is 11.3. The Balaban J connectivity index is 2.16. The summed E-state index contributed by atoms with van der Waals surface area (Å²) >= 11 is 0. The lowest BCUT2D eigenvalue weighted by Gasteiger charge is -2.40. The lowest BCUT2D eigenvalue weighted by Crippen LogP contribution is -2.60. The summed E-state index contributed by atoms with van der Waals surface area (Å²) in [7, 11) is 0. The maximum Gasteiger partial charge on any atom is 0.220 e. The Morgan fingerprint density at radius 3 is 1.08 bits per heavy atom. The minimum absolute atomic E-state index is 0.168. The molecule has 6 N–H and O–H groups in total. The standard InChI is InChI=1S/C63H123NO8/c1-3-5-7-9-11-13-15-17-19-21-23-25-27-28-29-31-33-35-37-39-41-43-45-47-49-51-53-59(67)64-56(55-71-63-62(70)61(69)60(68)58(54-65)72-63)57(66)52-50-48-46-44-42-40-38-36-34-32-30-26-24-22-20-18-16-14-12-10-8-6-4-2/h50,52,56-58,60-63,65-66,68-70H,3-49,51,53-55H2,1-2H3,(H,64,67)/b52-50+. The summed E-state index contributed by atoms with van der Waals surface area (Å²) in [4.78, 5) is 13.1. The maximum absolute atomic E-state index is 13.1. The Morgan fingerprint density at radius 2 is 0.764 bits per heavy atom. The van der Waals surface area contributed by atoms with E-state index in [0.29, 0.717) is 6.42 Å². The predicted octanol–water partition coefficient (Wildman–Crippen LogP) is 16.4. The number of allylic oxidation sites excluding steroid dienone is 1. The first-order chi connectivity index (χ1) is 35.3. The fraction of sp³-hybridized carbons (Fsp3) is 0.952. The number of nitrogens with one attached hydrogen (secondary N) is 1. The van der Waals surface area contributed by atoms with Crippen molar-refractivity contribution in [2.24, 2.45) is 0 Å². The van der Waals surface area contributed by atoms with Crippen molar-refractivity contribution >= 4 is 5.91 Å². The number of hydrogen-bond acceptors (Lipinski definition) is 8. The van der Waals surface area contributed by atoms with E-state index in [2.05, 4.69) is 19.2 Å². The third-order valence-electron chi connectivity index (χ3n) is 15.6. The lowest BCUT2D eigenvalue weighted by molar-refractivity contribution is -0.302. The molecule has 0 aromatic heterocycles. The van der Waals surface area contributed by atoms with E-state index in [0.717, 1.165) is 38.5 Å². The van der Waals surface area contributed by atoms with E-state index in [9.17, 15) is 30.3 Å². The summed E-state index contributed by atoms with van der Waals surface area (Å²) in [6, 6.07) is -0.801. The molecule has 7 atom stereocenters. The molecule has 1 aliphatic heterocycles. The average Bonchev–Trinajstić information content (AvgIpc) is 3.38. The fourth-order valence-corrected chi connectivity index (χ4v) is 10.6. The number of unbranched alkanes of at least 4 members (excludes halogenated alkanes) is 46. The minimum atomic E-state index is -1.56. The molecule has 0 aliphatic carbocycles. The summed E-state index contributed by atoms with van der Waals surface area (Å²) in [6.45, 7) is 3.84. The van der Waals surface area contributed by atoms with Crippen LogP contribution in [0.15, 0.2) is 12.2 Å². The number of hydrogen-bond donors (Lipinski definition) is 6. The molecule has 9 heteroatoms. The van der Waals surface area contributed by atoms with Gasteiger partial charge in [0.25, 0.3) is 0 Å². The number of rotatable bonds is 56. The van der Waals surface area contributed by atoms with Crippen LogP contribution < -0.4 is 5.32 Å². The molecule has 1 heterocycles. The average molecular weight is 1020 g/mol. The third kappa shape index (κ3) is 42.1. The second-order valence-corrected chi connectivity index (χ2v) is 22.6. The molecule has 0 radical (unpaired) electrons. The van der Waals surface area contributed by atoms with E-state index in [4.69, 9.17) is 9.47 Å². The van der Waals surface area contributed by atoms with Crippen LogP contribution in [-0.4, -0.2) is 87.5 Å². The van der Waals surface area contributed by atoms with Gasteiger partial charge >= 0.3 is 0 Å². The van der Waals surface area contributed by atoms with Gasteiger partial charge in [0.2, 0.25) is 5.91 Å². The van der Waals surface area contributed by atoms with E-state index in [1.54, 1.807) is 6.08 Å². The molecule has 1 saturated heterocycles. The Labute approximate surface area is 446 Å². The Bertz CT molecular complexity index is 1140. The number of amides is 1. The van der Waals surface area contributed by atoms with E-state index in [1.807, 2.05) is 6.08 Å². The van der Waals surface area contributed by atoms with Crippen LogP contribution in [0.4, 0.5) is 0 Å². The van der Waals surface area contributed by atoms with E-state index >= 15 is 0 Å². The Hall–Kier alpha value is -1.07. The zero-order chi connectivity index (χ0) is 52.2. The first-order valence-corrected chi connectivity index (χ1v) is 31.9. The molecule has 0 spiro atoms. The minimum Gasteiger partial charge on any atom is -0.394 e. The molecular weight excluding hydrogens is 899 g/mol. The summed E-state index contributed by atoms with van der Waals surface area (Å²) in [5, 5.41) is 54.7. The molecule has 1 fully saturated rings. The van der Waals surface area contributed by atoms with Gasteiger partial charge in [0, 0.05) is 6.42 Å². The van der Waals surface area contributed by atoms with Crippen molar-refractivity contribution in [1.29, 1.82) is 0 Å². The van der Waals surface area contributed by atoms with E-state index < -0.39 is 49.5 Å². The van der Waals surface area contributed by atoms with Crippen LogP contribution >= 0.6 is 0 Å². The molecule has 1 amide bonds. The molecule has 1 rings (SSSR count). The SMILES string of the molecule is CCCCCCCCCCCCCCCCCCCCCCC/C=C/C(O)C(COC1OC(CO)C(O)C(O)C1O)NC(=O)CCCCCCCCCCCCCCCCCCCCCCCCCCCC. The first-order valence-electron chi connectivity index (χ1n) is 31.9. The summed E-state index contributed by atoms with van der Waals surface area (Å²) in [5.74, 6) is -0.168. The molecule has 1 aliphatic rings. The van der Waals surface area contributed by atoms with Gasteiger partial charge in [0.05, 0.1) is 25.4 Å². The fourth-order valence-electron chi connectivity index (χ4n) is 10.6. The number of ether oxygens (including phenoxy) is 2. The predicted molar refractivity (Wildman–Crippen MR) is 304 cm³/mol. The van der Waals surface area contributed by atoms with E-state index in [-0.39, 0.29) is 12.5 Å². The molecule has 0 bridgehead atoms. The lowest BCUT2D eigenvalue weighted by atomic mass is 9.99. The van der Waals surface area contributed by atoms with Crippen LogP contribution in [0.1, 0.15) is 328 Å². The summed E-state index contributed by atoms with van der Waals surface area (Å²) in [5.41, 5.74) is 0. The van der Waals surface area contributed by atoms with Gasteiger partial charge in [-0.25, -0.2) is 0 Å². The van der Waals surface area contributed by atoms with Gasteiger partial charge in [-0.3, -0.25) is 4.79 Å². The Kier molecular flexibility index (Phi) is 51.1. The highest BCUT2D eigenvalue weighted by atomic mass is 16.7. The number of aliphatic hydroxyl groups is 5. The van der Waals surface area contributed by atoms with Gasteiger partial charge in [-0.15, -0.1) is 0 Å². The van der Waals surface area contributed by atoms with Gasteiger partial charge in [0.15, 0.2) is 6.29 Å². The van der Waals surface area contributed by atoms with Crippen LogP contribution in [-0.2, 0) is 14.3 Å². The highest BCUT2D eigenvalue weighted by Crippen LogP contribution is 2.23. The zero-order valence-electron chi connectivity index (χ0n) is 47.7. The zero-order valence-corrected chi connectivity index (χ0v) is 47.7.